The van der Waals surface area contributed by atoms with Crippen LogP contribution in [-0.2, 0) is 0 Å². The SMILES string of the molecule is O=C(O)c1cc(Br)cc(OC(F)F)c1Br. The molecule has 0 amide bonds. The molecule has 0 aliphatic heterocycles. The van der Waals surface area contributed by atoms with E-state index in [0.717, 1.165) is 0 Å². The Bertz CT molecular complexity index is 396. The summed E-state index contributed by atoms with van der Waals surface area (Å²) in [6, 6.07) is 2.54. The van der Waals surface area contributed by atoms with Gasteiger partial charge in [0.25, 0.3) is 0 Å². The second kappa shape index (κ2) is 4.89. The molecule has 1 aromatic rings. The molecule has 0 saturated heterocycles. The van der Waals surface area contributed by atoms with Crippen molar-refractivity contribution in [3.8, 4) is 5.75 Å². The number of rotatable bonds is 3. The zero-order valence-corrected chi connectivity index (χ0v) is 10.2. The van der Waals surface area contributed by atoms with Crippen LogP contribution in [-0.4, -0.2) is 17.7 Å². The van der Waals surface area contributed by atoms with Crippen LogP contribution in [0.5, 0.6) is 5.75 Å². The normalized spacial score (nSPS) is 10.5. The van der Waals surface area contributed by atoms with Gasteiger partial charge in [-0.1, -0.05) is 15.9 Å². The molecule has 0 atom stereocenters. The molecule has 0 bridgehead atoms. The summed E-state index contributed by atoms with van der Waals surface area (Å²) < 4.78 is 28.4. The number of hydrogen-bond acceptors (Lipinski definition) is 2. The quantitative estimate of drug-likeness (QED) is 0.911. The van der Waals surface area contributed by atoms with Crippen LogP contribution in [0.1, 0.15) is 10.4 Å². The highest BCUT2D eigenvalue weighted by Gasteiger charge is 2.16. The van der Waals surface area contributed by atoms with Crippen molar-refractivity contribution < 1.29 is 23.4 Å². The molecule has 1 aromatic carbocycles. The minimum atomic E-state index is -3.00. The molecule has 0 spiro atoms. The lowest BCUT2D eigenvalue weighted by atomic mass is 10.2. The monoisotopic (exact) mass is 344 g/mol. The highest BCUT2D eigenvalue weighted by molar-refractivity contribution is 9.11. The summed E-state index contributed by atoms with van der Waals surface area (Å²) in [4.78, 5) is 10.7. The third-order valence-electron chi connectivity index (χ3n) is 1.45. The van der Waals surface area contributed by atoms with Gasteiger partial charge >= 0.3 is 12.6 Å². The maximum Gasteiger partial charge on any atom is 0.387 e. The van der Waals surface area contributed by atoms with Gasteiger partial charge in [0.15, 0.2) is 0 Å². The summed E-state index contributed by atoms with van der Waals surface area (Å²) in [7, 11) is 0. The van der Waals surface area contributed by atoms with Crippen LogP contribution in [0.2, 0.25) is 0 Å². The Morgan fingerprint density at radius 1 is 1.40 bits per heavy atom. The molecule has 82 valence electrons. The van der Waals surface area contributed by atoms with E-state index >= 15 is 0 Å². The van der Waals surface area contributed by atoms with Crippen LogP contribution >= 0.6 is 31.9 Å². The summed E-state index contributed by atoms with van der Waals surface area (Å²) in [6.45, 7) is -3.00. The van der Waals surface area contributed by atoms with Gasteiger partial charge in [0, 0.05) is 4.47 Å². The van der Waals surface area contributed by atoms with E-state index in [2.05, 4.69) is 36.6 Å². The van der Waals surface area contributed by atoms with Crippen molar-refractivity contribution in [3.05, 3.63) is 26.6 Å². The Morgan fingerprint density at radius 3 is 2.47 bits per heavy atom. The highest BCUT2D eigenvalue weighted by Crippen LogP contribution is 2.33. The topological polar surface area (TPSA) is 46.5 Å². The average Bonchev–Trinajstić information content (AvgIpc) is 2.09. The van der Waals surface area contributed by atoms with Gasteiger partial charge in [-0.25, -0.2) is 4.79 Å². The van der Waals surface area contributed by atoms with Crippen molar-refractivity contribution in [2.75, 3.05) is 0 Å². The lowest BCUT2D eigenvalue weighted by Crippen LogP contribution is -2.05. The largest absolute Gasteiger partial charge is 0.478 e. The predicted molar refractivity (Wildman–Crippen MR) is 55.4 cm³/mol. The molecule has 0 heterocycles. The molecule has 1 rings (SSSR count). The first-order valence-corrected chi connectivity index (χ1v) is 5.17. The van der Waals surface area contributed by atoms with E-state index < -0.39 is 12.6 Å². The smallest absolute Gasteiger partial charge is 0.387 e. The van der Waals surface area contributed by atoms with Crippen LogP contribution in [0.25, 0.3) is 0 Å². The number of hydrogen-bond donors (Lipinski definition) is 1. The van der Waals surface area contributed by atoms with Crippen molar-refractivity contribution in [3.63, 3.8) is 0 Å². The molecule has 1 N–H and O–H groups in total. The maximum absolute atomic E-state index is 12.0. The zero-order chi connectivity index (χ0) is 11.6. The molecule has 0 saturated carbocycles. The first kappa shape index (κ1) is 12.4. The summed E-state index contributed by atoms with van der Waals surface area (Å²) >= 11 is 5.88. The van der Waals surface area contributed by atoms with Gasteiger partial charge < -0.3 is 9.84 Å². The molecule has 3 nitrogen and oxygen atoms in total. The molecule has 0 aliphatic carbocycles. The van der Waals surface area contributed by atoms with Gasteiger partial charge in [0.05, 0.1) is 10.0 Å². The van der Waals surface area contributed by atoms with E-state index in [9.17, 15) is 13.6 Å². The summed E-state index contributed by atoms with van der Waals surface area (Å²) in [5.41, 5.74) is -0.153. The molecule has 0 aromatic heterocycles. The molecule has 7 heteroatoms. The second-order valence-corrected chi connectivity index (χ2v) is 4.16. The Balaban J connectivity index is 3.22. The molecular formula is C8H4Br2F2O3. The third kappa shape index (κ3) is 3.13. The summed E-state index contributed by atoms with van der Waals surface area (Å²) in [6.07, 6.45) is 0. The molecule has 0 fully saturated rings. The lowest BCUT2D eigenvalue weighted by Gasteiger charge is -2.09. The van der Waals surface area contributed by atoms with E-state index in [-0.39, 0.29) is 15.8 Å². The number of halogens is 4. The fraction of sp³-hybridized carbons (Fsp3) is 0.125. The number of carboxylic acids is 1. The Hall–Kier alpha value is -0.690. The van der Waals surface area contributed by atoms with Crippen molar-refractivity contribution in [1.82, 2.24) is 0 Å². The average molecular weight is 346 g/mol. The number of alkyl halides is 2. The number of benzene rings is 1. The maximum atomic E-state index is 12.0. The molecular weight excluding hydrogens is 342 g/mol. The number of aromatic carboxylic acids is 1. The number of ether oxygens (including phenoxy) is 1. The molecule has 0 unspecified atom stereocenters. The van der Waals surface area contributed by atoms with Crippen LogP contribution in [0, 0.1) is 0 Å². The number of carboxylic acid groups (broad SMARTS) is 1. The van der Waals surface area contributed by atoms with Gasteiger partial charge in [0.1, 0.15) is 5.75 Å². The van der Waals surface area contributed by atoms with E-state index in [1.165, 1.54) is 12.1 Å². The lowest BCUT2D eigenvalue weighted by molar-refractivity contribution is -0.0504. The number of carbonyl (C=O) groups is 1. The van der Waals surface area contributed by atoms with Crippen LogP contribution in [0.3, 0.4) is 0 Å². The van der Waals surface area contributed by atoms with Crippen molar-refractivity contribution in [1.29, 1.82) is 0 Å². The Kier molecular flexibility index (Phi) is 4.04. The standard InChI is InChI=1S/C8H4Br2F2O3/c9-3-1-4(7(13)14)6(10)5(2-3)15-8(11)12/h1-2,8H,(H,13,14). The van der Waals surface area contributed by atoms with Gasteiger partial charge in [-0.05, 0) is 28.1 Å². The highest BCUT2D eigenvalue weighted by atomic mass is 79.9. The van der Waals surface area contributed by atoms with E-state index in [1.54, 1.807) is 0 Å². The fourth-order valence-corrected chi connectivity index (χ4v) is 1.83. The first-order chi connectivity index (χ1) is 6.91. The van der Waals surface area contributed by atoms with E-state index in [0.29, 0.717) is 4.47 Å². The molecule has 0 aliphatic rings. The van der Waals surface area contributed by atoms with Gasteiger partial charge in [-0.3, -0.25) is 0 Å². The van der Waals surface area contributed by atoms with Crippen molar-refractivity contribution >= 4 is 37.8 Å². The molecule has 15 heavy (non-hydrogen) atoms. The van der Waals surface area contributed by atoms with Gasteiger partial charge in [0.2, 0.25) is 0 Å². The first-order valence-electron chi connectivity index (χ1n) is 3.59. The summed E-state index contributed by atoms with van der Waals surface area (Å²) in [5.74, 6) is -1.46. The Labute approximate surface area is 100 Å². The zero-order valence-electron chi connectivity index (χ0n) is 7.01. The third-order valence-corrected chi connectivity index (χ3v) is 2.73. The summed E-state index contributed by atoms with van der Waals surface area (Å²) in [5, 5.41) is 8.75. The van der Waals surface area contributed by atoms with Crippen molar-refractivity contribution in [2.24, 2.45) is 0 Å². The second-order valence-electron chi connectivity index (χ2n) is 2.45. The van der Waals surface area contributed by atoms with Crippen LogP contribution in [0.4, 0.5) is 8.78 Å². The van der Waals surface area contributed by atoms with Crippen LogP contribution in [0.15, 0.2) is 21.1 Å². The van der Waals surface area contributed by atoms with E-state index in [1.807, 2.05) is 0 Å². The Morgan fingerprint density at radius 2 is 2.00 bits per heavy atom. The van der Waals surface area contributed by atoms with Gasteiger partial charge in [-0.2, -0.15) is 8.78 Å². The minimum Gasteiger partial charge on any atom is -0.478 e. The van der Waals surface area contributed by atoms with Crippen LogP contribution < -0.4 is 4.74 Å². The van der Waals surface area contributed by atoms with Gasteiger partial charge in [-0.15, -0.1) is 0 Å². The molecule has 0 radical (unpaired) electrons. The minimum absolute atomic E-state index is 0.0153. The fourth-order valence-electron chi connectivity index (χ4n) is 0.902. The van der Waals surface area contributed by atoms with E-state index in [4.69, 9.17) is 5.11 Å². The predicted octanol–water partition coefficient (Wildman–Crippen LogP) is 3.51. The van der Waals surface area contributed by atoms with Crippen molar-refractivity contribution in [2.45, 2.75) is 6.61 Å².